The van der Waals surface area contributed by atoms with Crippen molar-refractivity contribution in [1.29, 1.82) is 0 Å². The van der Waals surface area contributed by atoms with Crippen molar-refractivity contribution in [2.24, 2.45) is 0 Å². The minimum Gasteiger partial charge on any atom is -0.310 e. The maximum Gasteiger partial charge on any atom is 0.0775 e. The summed E-state index contributed by atoms with van der Waals surface area (Å²) in [6.45, 7) is 7.31. The van der Waals surface area contributed by atoms with Gasteiger partial charge in [-0.1, -0.05) is 201 Å². The molecule has 0 amide bonds. The molecule has 10 aromatic rings. The van der Waals surface area contributed by atoms with Crippen LogP contribution in [0.4, 0.5) is 17.1 Å². The van der Waals surface area contributed by atoms with Gasteiger partial charge in [-0.05, 0) is 126 Å². The van der Waals surface area contributed by atoms with Gasteiger partial charge < -0.3 is 4.90 Å². The summed E-state index contributed by atoms with van der Waals surface area (Å²) in [5.41, 5.74) is 17.8. The van der Waals surface area contributed by atoms with E-state index in [1.54, 1.807) is 11.3 Å². The Hall–Kier alpha value is -7.04. The van der Waals surface area contributed by atoms with Gasteiger partial charge in [-0.2, -0.15) is 0 Å². The van der Waals surface area contributed by atoms with Crippen LogP contribution in [0.25, 0.3) is 32.3 Å². The Morgan fingerprint density at radius 1 is 0.359 bits per heavy atom. The third kappa shape index (κ3) is 5.67. The Morgan fingerprint density at radius 3 is 1.25 bits per heavy atom. The van der Waals surface area contributed by atoms with E-state index in [0.717, 1.165) is 17.1 Å². The van der Waals surface area contributed by atoms with E-state index in [1.807, 2.05) is 0 Å². The summed E-state index contributed by atoms with van der Waals surface area (Å²) in [5.74, 6) is 0. The average molecular weight is 854 g/mol. The molecule has 0 spiro atoms. The number of nitrogens with zero attached hydrogens (tertiary/aromatic N) is 1. The first-order valence-corrected chi connectivity index (χ1v) is 26.8. The number of hydrogen-bond acceptors (Lipinski definition) is 2. The number of hydrogen-bond donors (Lipinski definition) is 0. The van der Waals surface area contributed by atoms with Gasteiger partial charge in [0.1, 0.15) is 0 Å². The third-order valence-corrected chi connectivity index (χ3v) is 17.0. The van der Waals surface area contributed by atoms with Crippen LogP contribution >= 0.6 is 11.3 Å². The molecule has 0 radical (unpaired) electrons. The molecule has 1 heterocycles. The number of fused-ring (bicyclic) bond motifs is 7. The van der Waals surface area contributed by atoms with Gasteiger partial charge in [0.15, 0.2) is 0 Å². The van der Waals surface area contributed by atoms with Gasteiger partial charge in [0.25, 0.3) is 0 Å². The van der Waals surface area contributed by atoms with E-state index < -0.39 is 18.9 Å². The second-order valence-corrected chi connectivity index (χ2v) is 24.5. The molecule has 1 atom stereocenters. The Morgan fingerprint density at radius 2 is 0.766 bits per heavy atom. The topological polar surface area (TPSA) is 3.24 Å². The summed E-state index contributed by atoms with van der Waals surface area (Å²) in [6.07, 6.45) is 0. The maximum atomic E-state index is 2.51. The summed E-state index contributed by atoms with van der Waals surface area (Å²) >= 11 is 1.79. The minimum absolute atomic E-state index is 0.516. The molecular formula is C61H47NSSi. The largest absolute Gasteiger partial charge is 0.310 e. The number of benzene rings is 9. The second-order valence-electron chi connectivity index (χ2n) is 18.5. The number of anilines is 3. The summed E-state index contributed by atoms with van der Waals surface area (Å²) in [7, 11) is -1.54. The lowest BCUT2D eigenvalue weighted by Gasteiger charge is -2.36. The molecule has 12 rings (SSSR count). The zero-order chi connectivity index (χ0) is 43.0. The van der Waals surface area contributed by atoms with Gasteiger partial charge in [0, 0.05) is 21.8 Å². The highest BCUT2D eigenvalue weighted by Crippen LogP contribution is 2.59. The molecule has 2 aliphatic rings. The highest BCUT2D eigenvalue weighted by Gasteiger charge is 2.48. The summed E-state index contributed by atoms with van der Waals surface area (Å²) in [5, 5.41) is 4.92. The standard InChI is InChI=1S/C61H47NSSi/c1-64(2,3)50-32-27-46(28-33-50)61(45-21-11-6-12-22-45)56-26-16-14-24-52(56)54-35-30-49(41-58(54)61)62(47-31-36-59-42(39-47)37-38-63-59)48-29-34-53-51-23-13-15-25-55(51)60(57(53)40-48,43-17-7-4-8-18-43)44-19-9-5-10-20-44/h4-41H,1-3H3. The van der Waals surface area contributed by atoms with Crippen LogP contribution in [-0.2, 0) is 10.8 Å². The summed E-state index contributed by atoms with van der Waals surface area (Å²) in [6, 6.07) is 85.0. The van der Waals surface area contributed by atoms with Crippen molar-refractivity contribution in [2.45, 2.75) is 30.5 Å². The molecule has 0 saturated heterocycles. The second kappa shape index (κ2) is 14.8. The van der Waals surface area contributed by atoms with Crippen LogP contribution in [0.2, 0.25) is 19.6 Å². The van der Waals surface area contributed by atoms with Crippen molar-refractivity contribution >= 4 is 51.7 Å². The lowest BCUT2D eigenvalue weighted by Crippen LogP contribution is -2.38. The fourth-order valence-electron chi connectivity index (χ4n) is 11.2. The van der Waals surface area contributed by atoms with Gasteiger partial charge in [0.05, 0.1) is 18.9 Å². The molecule has 0 fully saturated rings. The molecule has 9 aromatic carbocycles. The van der Waals surface area contributed by atoms with E-state index in [0.29, 0.717) is 0 Å². The zero-order valence-corrected chi connectivity index (χ0v) is 38.1. The van der Waals surface area contributed by atoms with Crippen LogP contribution in [0.5, 0.6) is 0 Å². The Kier molecular flexibility index (Phi) is 8.91. The van der Waals surface area contributed by atoms with Gasteiger partial charge in [-0.15, -0.1) is 11.3 Å². The molecule has 1 aromatic heterocycles. The van der Waals surface area contributed by atoms with Crippen LogP contribution < -0.4 is 10.1 Å². The van der Waals surface area contributed by atoms with Crippen LogP contribution in [0.3, 0.4) is 0 Å². The van der Waals surface area contributed by atoms with Crippen molar-refractivity contribution in [3.8, 4) is 22.3 Å². The fourth-order valence-corrected chi connectivity index (χ4v) is 13.2. The quantitative estimate of drug-likeness (QED) is 0.138. The molecule has 2 aliphatic carbocycles. The molecule has 1 nitrogen and oxygen atoms in total. The van der Waals surface area contributed by atoms with Crippen molar-refractivity contribution < 1.29 is 0 Å². The van der Waals surface area contributed by atoms with Crippen molar-refractivity contribution in [2.75, 3.05) is 4.90 Å². The van der Waals surface area contributed by atoms with Crippen LogP contribution in [0.1, 0.15) is 44.5 Å². The Bertz CT molecular complexity index is 3330. The molecular weight excluding hydrogens is 807 g/mol. The predicted molar refractivity (Wildman–Crippen MR) is 274 cm³/mol. The zero-order valence-electron chi connectivity index (χ0n) is 36.3. The van der Waals surface area contributed by atoms with Crippen LogP contribution in [0, 0.1) is 0 Å². The summed E-state index contributed by atoms with van der Waals surface area (Å²) < 4.78 is 1.29. The van der Waals surface area contributed by atoms with E-state index in [4.69, 9.17) is 0 Å². The van der Waals surface area contributed by atoms with Crippen molar-refractivity contribution in [3.63, 3.8) is 0 Å². The third-order valence-electron chi connectivity index (χ3n) is 14.1. The van der Waals surface area contributed by atoms with E-state index in [9.17, 15) is 0 Å². The van der Waals surface area contributed by atoms with Gasteiger partial charge >= 0.3 is 0 Å². The molecule has 306 valence electrons. The van der Waals surface area contributed by atoms with Crippen molar-refractivity contribution in [3.05, 3.63) is 274 Å². The first-order valence-electron chi connectivity index (χ1n) is 22.4. The normalized spacial score (nSPS) is 15.6. The minimum atomic E-state index is -1.54. The molecule has 0 bridgehead atoms. The molecule has 3 heteroatoms. The number of thiophene rings is 1. The molecule has 0 aliphatic heterocycles. The van der Waals surface area contributed by atoms with Gasteiger partial charge in [0.2, 0.25) is 0 Å². The Labute approximate surface area is 381 Å². The van der Waals surface area contributed by atoms with E-state index in [1.165, 1.54) is 82.0 Å². The number of rotatable bonds is 8. The smallest absolute Gasteiger partial charge is 0.0775 e. The van der Waals surface area contributed by atoms with Gasteiger partial charge in [-0.3, -0.25) is 0 Å². The Balaban J connectivity index is 1.14. The monoisotopic (exact) mass is 853 g/mol. The molecule has 0 saturated carbocycles. The first kappa shape index (κ1) is 38.6. The van der Waals surface area contributed by atoms with E-state index >= 15 is 0 Å². The van der Waals surface area contributed by atoms with Crippen LogP contribution in [-0.4, -0.2) is 8.07 Å². The highest BCUT2D eigenvalue weighted by atomic mass is 32.1. The average Bonchev–Trinajstić information content (AvgIpc) is 4.02. The van der Waals surface area contributed by atoms with E-state index in [-0.39, 0.29) is 0 Å². The lowest BCUT2D eigenvalue weighted by atomic mass is 9.67. The van der Waals surface area contributed by atoms with Crippen LogP contribution in [0.15, 0.2) is 230 Å². The van der Waals surface area contributed by atoms with Gasteiger partial charge in [-0.25, -0.2) is 0 Å². The fraction of sp³-hybridized carbons (Fsp3) is 0.0820. The molecule has 64 heavy (non-hydrogen) atoms. The molecule has 0 N–H and O–H groups in total. The van der Waals surface area contributed by atoms with E-state index in [2.05, 4.69) is 254 Å². The lowest BCUT2D eigenvalue weighted by molar-refractivity contribution is 0.767. The highest BCUT2D eigenvalue weighted by molar-refractivity contribution is 7.17. The SMILES string of the molecule is C[Si](C)(C)c1ccc(C2(c3ccccc3)c3ccccc3-c3ccc(N(c4ccc5c(c4)C(c4ccccc4)(c4ccccc4)c4ccccc4-5)c4ccc5sccc5c4)cc32)cc1. The maximum absolute atomic E-state index is 2.51. The predicted octanol–water partition coefficient (Wildman–Crippen LogP) is 15.6. The molecule has 1 unspecified atom stereocenters. The first-order chi connectivity index (χ1) is 31.4. The van der Waals surface area contributed by atoms with Crippen molar-refractivity contribution in [1.82, 2.24) is 0 Å². The summed E-state index contributed by atoms with van der Waals surface area (Å²) in [4.78, 5) is 2.51.